The number of nitrogens with one attached hydrogen (secondary N) is 2. The van der Waals surface area contributed by atoms with Gasteiger partial charge in [0.15, 0.2) is 0 Å². The van der Waals surface area contributed by atoms with E-state index < -0.39 is 6.04 Å². The van der Waals surface area contributed by atoms with E-state index in [0.29, 0.717) is 32.2 Å². The highest BCUT2D eigenvalue weighted by Gasteiger charge is 2.29. The molecule has 8 heteroatoms. The third-order valence-electron chi connectivity index (χ3n) is 8.65. The predicted molar refractivity (Wildman–Crippen MR) is 163 cm³/mol. The van der Waals surface area contributed by atoms with E-state index in [9.17, 15) is 9.59 Å². The molecule has 2 aromatic carbocycles. The van der Waals surface area contributed by atoms with Gasteiger partial charge in [0.25, 0.3) is 0 Å². The molecule has 1 atom stereocenters. The molecule has 1 saturated heterocycles. The second-order valence-electron chi connectivity index (χ2n) is 11.5. The number of hydrogen-bond acceptors (Lipinski definition) is 5. The summed E-state index contributed by atoms with van der Waals surface area (Å²) in [6.45, 7) is 7.02. The number of likely N-dealkylation sites (N-methyl/N-ethyl adjacent to an activating group) is 1. The van der Waals surface area contributed by atoms with Gasteiger partial charge < -0.3 is 19.9 Å². The second kappa shape index (κ2) is 14.0. The summed E-state index contributed by atoms with van der Waals surface area (Å²) in [4.78, 5) is 37.1. The molecule has 0 spiro atoms. The number of carbonyl (C=O) groups excluding carboxylic acids is 2. The molecule has 2 fully saturated rings. The molecule has 1 aliphatic heterocycles. The number of piperazine rings is 1. The van der Waals surface area contributed by atoms with Crippen molar-refractivity contribution >= 4 is 22.7 Å². The lowest BCUT2D eigenvalue weighted by atomic mass is 9.94. The normalized spacial score (nSPS) is 17.8. The summed E-state index contributed by atoms with van der Waals surface area (Å²) in [5.74, 6) is 0.564. The maximum atomic E-state index is 13.9. The number of aromatic amines is 1. The van der Waals surface area contributed by atoms with Gasteiger partial charge in [-0.2, -0.15) is 0 Å². The van der Waals surface area contributed by atoms with Gasteiger partial charge in [-0.05, 0) is 37.5 Å². The number of fused-ring (bicyclic) bond motifs is 1. The highest BCUT2D eigenvalue weighted by Crippen LogP contribution is 2.24. The average Bonchev–Trinajstić information content (AvgIpc) is 3.41. The molecule has 5 rings (SSSR count). The SMILES string of the molecule is CCOc1ccccc1CN(C)C(=O)C(Cc1c[nH]c2ccccc12)NC(=O)CN1CCN(C2CCCCC2)CC1. The van der Waals surface area contributed by atoms with Crippen LogP contribution < -0.4 is 10.1 Å². The van der Waals surface area contributed by atoms with Crippen LogP contribution in [0.2, 0.25) is 0 Å². The molecule has 8 nitrogen and oxygen atoms in total. The number of H-pyrrole nitrogens is 1. The van der Waals surface area contributed by atoms with Crippen molar-refractivity contribution in [1.82, 2.24) is 25.0 Å². The molecule has 0 radical (unpaired) electrons. The lowest BCUT2D eigenvalue weighted by Crippen LogP contribution is -2.55. The quantitative estimate of drug-likeness (QED) is 0.368. The smallest absolute Gasteiger partial charge is 0.245 e. The van der Waals surface area contributed by atoms with Crippen molar-refractivity contribution in [3.63, 3.8) is 0 Å². The minimum absolute atomic E-state index is 0.0996. The topological polar surface area (TPSA) is 80.9 Å². The lowest BCUT2D eigenvalue weighted by Gasteiger charge is -2.40. The third kappa shape index (κ3) is 7.49. The fourth-order valence-corrected chi connectivity index (χ4v) is 6.43. The number of amides is 2. The molecule has 1 saturated carbocycles. The fourth-order valence-electron chi connectivity index (χ4n) is 6.43. The van der Waals surface area contributed by atoms with Crippen LogP contribution in [-0.4, -0.2) is 90.0 Å². The third-order valence-corrected chi connectivity index (χ3v) is 8.65. The Morgan fingerprint density at radius 1 is 1.00 bits per heavy atom. The van der Waals surface area contributed by atoms with E-state index in [0.717, 1.165) is 54.0 Å². The molecule has 3 aromatic rings. The minimum atomic E-state index is -0.672. The lowest BCUT2D eigenvalue weighted by molar-refractivity contribution is -0.136. The van der Waals surface area contributed by atoms with Crippen molar-refractivity contribution in [3.8, 4) is 5.75 Å². The Morgan fingerprint density at radius 3 is 2.51 bits per heavy atom. The summed E-state index contributed by atoms with van der Waals surface area (Å²) in [6.07, 6.45) is 9.02. The maximum Gasteiger partial charge on any atom is 0.245 e. The number of ether oxygens (including phenoxy) is 1. The van der Waals surface area contributed by atoms with Gasteiger partial charge in [0.1, 0.15) is 11.8 Å². The molecule has 1 unspecified atom stereocenters. The van der Waals surface area contributed by atoms with E-state index in [4.69, 9.17) is 4.74 Å². The molecule has 0 bridgehead atoms. The highest BCUT2D eigenvalue weighted by molar-refractivity contribution is 5.90. The van der Waals surface area contributed by atoms with Crippen LogP contribution in [0.25, 0.3) is 10.9 Å². The molecule has 1 aliphatic carbocycles. The largest absolute Gasteiger partial charge is 0.494 e. The molecule has 41 heavy (non-hydrogen) atoms. The number of rotatable bonds is 11. The van der Waals surface area contributed by atoms with Gasteiger partial charge in [-0.15, -0.1) is 0 Å². The van der Waals surface area contributed by atoms with E-state index in [-0.39, 0.29) is 11.8 Å². The van der Waals surface area contributed by atoms with Crippen LogP contribution in [0.5, 0.6) is 5.75 Å². The molecule has 1 aromatic heterocycles. The van der Waals surface area contributed by atoms with Crippen LogP contribution in [0, 0.1) is 0 Å². The van der Waals surface area contributed by atoms with E-state index in [1.807, 2.05) is 55.6 Å². The summed E-state index contributed by atoms with van der Waals surface area (Å²) in [5, 5.41) is 4.19. The van der Waals surface area contributed by atoms with Crippen LogP contribution >= 0.6 is 0 Å². The number of hydrogen-bond donors (Lipinski definition) is 2. The van der Waals surface area contributed by atoms with Crippen molar-refractivity contribution in [2.24, 2.45) is 0 Å². The summed E-state index contributed by atoms with van der Waals surface area (Å²) < 4.78 is 5.79. The summed E-state index contributed by atoms with van der Waals surface area (Å²) >= 11 is 0. The fraction of sp³-hybridized carbons (Fsp3) is 0.515. The summed E-state index contributed by atoms with van der Waals surface area (Å²) in [6, 6.07) is 15.9. The summed E-state index contributed by atoms with van der Waals surface area (Å²) in [5.41, 5.74) is 2.98. The Hall–Kier alpha value is -3.36. The molecule has 220 valence electrons. The Labute approximate surface area is 244 Å². The standard InChI is InChI=1S/C33H45N5O3/c1-3-41-31-16-10-7-11-25(31)23-36(2)33(40)30(21-26-22-34-29-15-9-8-14-28(26)29)35-32(39)24-37-17-19-38(20-18-37)27-12-5-4-6-13-27/h7-11,14-16,22,27,30,34H,3-6,12-13,17-21,23-24H2,1-2H3,(H,35,39). The first-order chi connectivity index (χ1) is 20.0. The van der Waals surface area contributed by atoms with E-state index in [2.05, 4.69) is 26.2 Å². The van der Waals surface area contributed by atoms with E-state index in [1.54, 1.807) is 11.9 Å². The number of para-hydroxylation sites is 2. The van der Waals surface area contributed by atoms with Gasteiger partial charge in [0.05, 0.1) is 13.2 Å². The molecule has 2 amide bonds. The molecular weight excluding hydrogens is 514 g/mol. The monoisotopic (exact) mass is 559 g/mol. The summed E-state index contributed by atoms with van der Waals surface area (Å²) in [7, 11) is 1.80. The van der Waals surface area contributed by atoms with Gasteiger partial charge in [0.2, 0.25) is 11.8 Å². The molecule has 2 heterocycles. The second-order valence-corrected chi connectivity index (χ2v) is 11.5. The van der Waals surface area contributed by atoms with Gasteiger partial charge in [-0.3, -0.25) is 19.4 Å². The number of nitrogens with zero attached hydrogens (tertiary/aromatic N) is 3. The molecular formula is C33H45N5O3. The Balaban J connectivity index is 1.25. The Kier molecular flexibility index (Phi) is 9.96. The molecule has 2 aliphatic rings. The van der Waals surface area contributed by atoms with Crippen LogP contribution in [-0.2, 0) is 22.6 Å². The minimum Gasteiger partial charge on any atom is -0.494 e. The average molecular weight is 560 g/mol. The van der Waals surface area contributed by atoms with Crippen LogP contribution in [0.1, 0.15) is 50.2 Å². The zero-order valence-corrected chi connectivity index (χ0v) is 24.6. The van der Waals surface area contributed by atoms with Gasteiger partial charge >= 0.3 is 0 Å². The van der Waals surface area contributed by atoms with Gasteiger partial charge in [0, 0.05) is 74.9 Å². The number of aromatic nitrogens is 1. The zero-order valence-electron chi connectivity index (χ0n) is 24.6. The van der Waals surface area contributed by atoms with E-state index in [1.165, 1.54) is 32.1 Å². The van der Waals surface area contributed by atoms with Crippen molar-refractivity contribution in [2.75, 3.05) is 46.4 Å². The van der Waals surface area contributed by atoms with Crippen molar-refractivity contribution in [3.05, 3.63) is 65.9 Å². The van der Waals surface area contributed by atoms with E-state index >= 15 is 0 Å². The van der Waals surface area contributed by atoms with Gasteiger partial charge in [-0.1, -0.05) is 55.7 Å². The Morgan fingerprint density at radius 2 is 1.73 bits per heavy atom. The van der Waals surface area contributed by atoms with Crippen molar-refractivity contribution in [1.29, 1.82) is 0 Å². The first-order valence-corrected chi connectivity index (χ1v) is 15.3. The highest BCUT2D eigenvalue weighted by atomic mass is 16.5. The van der Waals surface area contributed by atoms with Crippen molar-refractivity contribution < 1.29 is 14.3 Å². The van der Waals surface area contributed by atoms with Crippen LogP contribution in [0.4, 0.5) is 0 Å². The number of benzene rings is 2. The van der Waals surface area contributed by atoms with Crippen LogP contribution in [0.3, 0.4) is 0 Å². The zero-order chi connectivity index (χ0) is 28.6. The molecule has 2 N–H and O–H groups in total. The Bertz CT molecular complexity index is 1290. The number of carbonyl (C=O) groups is 2. The first kappa shape index (κ1) is 29.1. The maximum absolute atomic E-state index is 13.9. The van der Waals surface area contributed by atoms with Gasteiger partial charge in [-0.25, -0.2) is 0 Å². The van der Waals surface area contributed by atoms with Crippen molar-refractivity contribution in [2.45, 2.75) is 64.1 Å². The van der Waals surface area contributed by atoms with Crippen LogP contribution in [0.15, 0.2) is 54.7 Å². The first-order valence-electron chi connectivity index (χ1n) is 15.3. The predicted octanol–water partition coefficient (Wildman–Crippen LogP) is 4.20.